The molecule has 0 radical (unpaired) electrons. The van der Waals surface area contributed by atoms with E-state index in [0.717, 1.165) is 16.9 Å². The van der Waals surface area contributed by atoms with Gasteiger partial charge in [0.05, 0.1) is 16.7 Å². The molecule has 3 heteroatoms. The van der Waals surface area contributed by atoms with Crippen LogP contribution in [0.5, 0.6) is 0 Å². The van der Waals surface area contributed by atoms with Crippen molar-refractivity contribution in [1.29, 1.82) is 0 Å². The van der Waals surface area contributed by atoms with Crippen LogP contribution >= 0.6 is 0 Å². The first-order valence-electron chi connectivity index (χ1n) is 10.4. The van der Waals surface area contributed by atoms with Crippen LogP contribution in [0.25, 0.3) is 27.5 Å². The summed E-state index contributed by atoms with van der Waals surface area (Å²) in [5.74, 6) is 0. The van der Waals surface area contributed by atoms with Crippen LogP contribution in [0, 0.1) is 0 Å². The van der Waals surface area contributed by atoms with Gasteiger partial charge in [0, 0.05) is 28.6 Å². The first-order chi connectivity index (χ1) is 13.2. The minimum atomic E-state index is 0.00736. The summed E-state index contributed by atoms with van der Waals surface area (Å²) in [6.07, 6.45) is 8.02. The van der Waals surface area contributed by atoms with Crippen molar-refractivity contribution in [3.8, 4) is 0 Å². The second-order valence-electron chi connectivity index (χ2n) is 10.7. The fraction of sp³-hybridized carbons (Fsp3) is 0.440. The molecule has 4 aromatic rings. The van der Waals surface area contributed by atoms with Gasteiger partial charge in [0.1, 0.15) is 5.65 Å². The summed E-state index contributed by atoms with van der Waals surface area (Å²) in [7, 11) is 0. The molecular formula is C25H27N3. The van der Waals surface area contributed by atoms with Gasteiger partial charge >= 0.3 is 0 Å². The zero-order valence-electron chi connectivity index (χ0n) is 17.4. The minimum Gasteiger partial charge on any atom is -0.299 e. The topological polar surface area (TPSA) is 30.2 Å². The van der Waals surface area contributed by atoms with Crippen molar-refractivity contribution in [3.05, 3.63) is 53.5 Å². The molecule has 28 heavy (non-hydrogen) atoms. The summed E-state index contributed by atoms with van der Waals surface area (Å²) in [5, 5.41) is 2.41. The van der Waals surface area contributed by atoms with Gasteiger partial charge < -0.3 is 0 Å². The molecule has 1 fully saturated rings. The summed E-state index contributed by atoms with van der Waals surface area (Å²) < 4.78 is 2.28. The molecule has 0 amide bonds. The predicted octanol–water partition coefficient (Wildman–Crippen LogP) is 6.05. The first-order valence-corrected chi connectivity index (χ1v) is 10.4. The number of pyridine rings is 2. The fourth-order valence-corrected chi connectivity index (χ4v) is 6.11. The molecule has 1 aromatic carbocycles. The van der Waals surface area contributed by atoms with Gasteiger partial charge in [-0.3, -0.25) is 9.38 Å². The second-order valence-corrected chi connectivity index (χ2v) is 10.7. The van der Waals surface area contributed by atoms with Crippen molar-refractivity contribution in [2.24, 2.45) is 0 Å². The summed E-state index contributed by atoms with van der Waals surface area (Å²) in [6.45, 7) is 11.6. The van der Waals surface area contributed by atoms with Gasteiger partial charge in [-0.2, -0.15) is 0 Å². The van der Waals surface area contributed by atoms with E-state index in [2.05, 4.69) is 69.5 Å². The van der Waals surface area contributed by atoms with Crippen molar-refractivity contribution in [2.75, 3.05) is 0 Å². The molecule has 142 valence electrons. The molecule has 3 aromatic heterocycles. The van der Waals surface area contributed by atoms with Crippen LogP contribution in [0.3, 0.4) is 0 Å². The maximum atomic E-state index is 5.12. The number of aromatic nitrogens is 3. The largest absolute Gasteiger partial charge is 0.299 e. The zero-order chi connectivity index (χ0) is 19.5. The zero-order valence-corrected chi connectivity index (χ0v) is 17.4. The average molecular weight is 370 g/mol. The third-order valence-electron chi connectivity index (χ3n) is 7.47. The normalized spacial score (nSPS) is 26.6. The van der Waals surface area contributed by atoms with Crippen molar-refractivity contribution >= 4 is 27.5 Å². The molecule has 1 saturated carbocycles. The Hall–Kier alpha value is -2.42. The maximum Gasteiger partial charge on any atom is 0.145 e. The van der Waals surface area contributed by atoms with Crippen molar-refractivity contribution in [2.45, 2.75) is 70.1 Å². The number of imidazole rings is 1. The Morgan fingerprint density at radius 1 is 0.964 bits per heavy atom. The van der Waals surface area contributed by atoms with E-state index in [4.69, 9.17) is 9.97 Å². The van der Waals surface area contributed by atoms with E-state index in [1.165, 1.54) is 35.6 Å². The Morgan fingerprint density at radius 3 is 2.39 bits per heavy atom. The van der Waals surface area contributed by atoms with Gasteiger partial charge in [0.2, 0.25) is 0 Å². The van der Waals surface area contributed by atoms with Gasteiger partial charge in [0.25, 0.3) is 0 Å². The lowest BCUT2D eigenvalue weighted by atomic mass is 9.78. The smallest absolute Gasteiger partial charge is 0.145 e. The molecule has 3 heterocycles. The van der Waals surface area contributed by atoms with Crippen molar-refractivity contribution in [3.63, 3.8) is 0 Å². The number of fused-ring (bicyclic) bond motifs is 10. The van der Waals surface area contributed by atoms with E-state index in [1.54, 1.807) is 11.1 Å². The Morgan fingerprint density at radius 2 is 1.68 bits per heavy atom. The van der Waals surface area contributed by atoms with Gasteiger partial charge in [-0.05, 0) is 65.5 Å². The highest BCUT2D eigenvalue weighted by Crippen LogP contribution is 2.60. The fourth-order valence-electron chi connectivity index (χ4n) is 6.11. The average Bonchev–Trinajstić information content (AvgIpc) is 3.23. The predicted molar refractivity (Wildman–Crippen MR) is 115 cm³/mol. The van der Waals surface area contributed by atoms with Crippen LogP contribution in [0.1, 0.15) is 70.7 Å². The van der Waals surface area contributed by atoms with E-state index in [1.807, 2.05) is 6.20 Å². The van der Waals surface area contributed by atoms with Crippen LogP contribution < -0.4 is 0 Å². The Labute approximate surface area is 165 Å². The summed E-state index contributed by atoms with van der Waals surface area (Å²) in [5.41, 5.74) is 8.32. The molecular weight excluding hydrogens is 342 g/mol. The SMILES string of the molecule is CC(C)(C)c1nccc2c1ccn1c3cc4c(cc3nc21)C1(C)CCC4(C)C1. The molecule has 2 bridgehead atoms. The molecule has 0 spiro atoms. The maximum absolute atomic E-state index is 5.12. The monoisotopic (exact) mass is 369 g/mol. The van der Waals surface area contributed by atoms with E-state index in [9.17, 15) is 0 Å². The lowest BCUT2D eigenvalue weighted by molar-refractivity contribution is 0.484. The lowest BCUT2D eigenvalue weighted by Crippen LogP contribution is -2.17. The van der Waals surface area contributed by atoms with Gasteiger partial charge in [-0.15, -0.1) is 0 Å². The van der Waals surface area contributed by atoms with Gasteiger partial charge in [-0.1, -0.05) is 34.6 Å². The molecule has 2 atom stereocenters. The summed E-state index contributed by atoms with van der Waals surface area (Å²) in [6, 6.07) is 9.16. The first kappa shape index (κ1) is 16.5. The Bertz CT molecular complexity index is 1310. The van der Waals surface area contributed by atoms with Gasteiger partial charge in [-0.25, -0.2) is 4.98 Å². The summed E-state index contributed by atoms with van der Waals surface area (Å²) in [4.78, 5) is 9.82. The van der Waals surface area contributed by atoms with Crippen LogP contribution in [-0.4, -0.2) is 14.4 Å². The number of hydrogen-bond acceptors (Lipinski definition) is 2. The molecule has 3 nitrogen and oxygen atoms in total. The van der Waals surface area contributed by atoms with Gasteiger partial charge in [0.15, 0.2) is 0 Å². The highest BCUT2D eigenvalue weighted by Gasteiger charge is 2.53. The van der Waals surface area contributed by atoms with E-state index >= 15 is 0 Å². The number of hydrogen-bond donors (Lipinski definition) is 0. The number of rotatable bonds is 0. The molecule has 6 rings (SSSR count). The highest BCUT2D eigenvalue weighted by atomic mass is 15.0. The summed E-state index contributed by atoms with van der Waals surface area (Å²) >= 11 is 0. The van der Waals surface area contributed by atoms with Crippen LogP contribution in [0.4, 0.5) is 0 Å². The highest BCUT2D eigenvalue weighted by molar-refractivity contribution is 5.99. The minimum absolute atomic E-state index is 0.00736. The standard InChI is InChI=1S/C25H27N3/c1-23(2,3)21-15-7-11-28-20-13-18-17(24(4)8-9-25(18,5)14-24)12-19(20)27-22(28)16(15)6-10-26-21/h6-7,10-13H,8-9,14H2,1-5H3. The second kappa shape index (κ2) is 4.76. The lowest BCUT2D eigenvalue weighted by Gasteiger charge is -2.26. The van der Waals surface area contributed by atoms with Crippen molar-refractivity contribution in [1.82, 2.24) is 14.4 Å². The van der Waals surface area contributed by atoms with E-state index in [0.29, 0.717) is 10.8 Å². The molecule has 2 aliphatic carbocycles. The Kier molecular flexibility index (Phi) is 2.81. The van der Waals surface area contributed by atoms with E-state index in [-0.39, 0.29) is 5.41 Å². The van der Waals surface area contributed by atoms with Crippen LogP contribution in [0.2, 0.25) is 0 Å². The molecule has 0 saturated heterocycles. The van der Waals surface area contributed by atoms with E-state index < -0.39 is 0 Å². The molecule has 0 N–H and O–H groups in total. The number of nitrogens with zero attached hydrogens (tertiary/aromatic N) is 3. The molecule has 2 aliphatic rings. The van der Waals surface area contributed by atoms with Crippen LogP contribution in [-0.2, 0) is 16.2 Å². The third kappa shape index (κ3) is 1.90. The van der Waals surface area contributed by atoms with Crippen molar-refractivity contribution < 1.29 is 0 Å². The van der Waals surface area contributed by atoms with Crippen LogP contribution in [0.15, 0.2) is 36.7 Å². The number of benzene rings is 1. The molecule has 0 aliphatic heterocycles. The third-order valence-corrected chi connectivity index (χ3v) is 7.47. The molecule has 2 unspecified atom stereocenters. The Balaban J connectivity index is 1.71. The quantitative estimate of drug-likeness (QED) is 0.378.